The van der Waals surface area contributed by atoms with Gasteiger partial charge in [0.15, 0.2) is 0 Å². The highest BCUT2D eigenvalue weighted by Crippen LogP contribution is 2.59. The van der Waals surface area contributed by atoms with Crippen molar-refractivity contribution in [3.05, 3.63) is 12.2 Å². The molecule has 0 N–H and O–H groups in total. The SMILES string of the molecule is CC1(C(=O)O[Si](C2CCCCC2)(C2CCCCC2)C2CCCCC2)CC2C=CC1C2. The summed E-state index contributed by atoms with van der Waals surface area (Å²) in [6.45, 7) is 2.26. The maximum atomic E-state index is 14.1. The van der Waals surface area contributed by atoms with Gasteiger partial charge in [-0.25, -0.2) is 0 Å². The Labute approximate surface area is 185 Å². The van der Waals surface area contributed by atoms with Crippen molar-refractivity contribution in [1.29, 1.82) is 0 Å². The Kier molecular flexibility index (Phi) is 6.21. The van der Waals surface area contributed by atoms with Gasteiger partial charge < -0.3 is 4.43 Å². The second kappa shape index (κ2) is 8.75. The van der Waals surface area contributed by atoms with Gasteiger partial charge >= 0.3 is 0 Å². The molecule has 0 aromatic heterocycles. The maximum Gasteiger partial charge on any atom is 0.299 e. The van der Waals surface area contributed by atoms with Crippen LogP contribution in [0.15, 0.2) is 12.2 Å². The monoisotopic (exact) mass is 428 g/mol. The lowest BCUT2D eigenvalue weighted by Gasteiger charge is -2.52. The quantitative estimate of drug-likeness (QED) is 0.327. The van der Waals surface area contributed by atoms with E-state index in [4.69, 9.17) is 4.43 Å². The van der Waals surface area contributed by atoms with Crippen molar-refractivity contribution >= 4 is 14.3 Å². The minimum absolute atomic E-state index is 0.240. The van der Waals surface area contributed by atoms with Crippen LogP contribution in [-0.4, -0.2) is 14.3 Å². The molecule has 0 aliphatic heterocycles. The molecule has 4 fully saturated rings. The van der Waals surface area contributed by atoms with Crippen molar-refractivity contribution < 1.29 is 9.22 Å². The fourth-order valence-electron chi connectivity index (χ4n) is 8.52. The molecule has 5 aliphatic carbocycles. The van der Waals surface area contributed by atoms with Crippen molar-refractivity contribution in [2.45, 2.75) is 133 Å². The Morgan fingerprint density at radius 3 is 1.60 bits per heavy atom. The molecule has 3 unspecified atom stereocenters. The van der Waals surface area contributed by atoms with E-state index in [9.17, 15) is 4.79 Å². The van der Waals surface area contributed by atoms with E-state index in [-0.39, 0.29) is 11.4 Å². The fraction of sp³-hybridized carbons (Fsp3) is 0.889. The zero-order chi connectivity index (χ0) is 20.6. The van der Waals surface area contributed by atoms with E-state index in [0.29, 0.717) is 11.8 Å². The predicted molar refractivity (Wildman–Crippen MR) is 126 cm³/mol. The van der Waals surface area contributed by atoms with Crippen LogP contribution in [0.5, 0.6) is 0 Å². The van der Waals surface area contributed by atoms with E-state index >= 15 is 0 Å². The van der Waals surface area contributed by atoms with Crippen LogP contribution in [0.4, 0.5) is 0 Å². The first-order valence-corrected chi connectivity index (χ1v) is 15.7. The lowest BCUT2D eigenvalue weighted by atomic mass is 9.78. The van der Waals surface area contributed by atoms with Crippen LogP contribution in [0, 0.1) is 17.3 Å². The summed E-state index contributed by atoms with van der Waals surface area (Å²) >= 11 is 0. The molecular weight excluding hydrogens is 384 g/mol. The van der Waals surface area contributed by atoms with Gasteiger partial charge in [0, 0.05) is 0 Å². The molecule has 0 amide bonds. The van der Waals surface area contributed by atoms with E-state index < -0.39 is 8.32 Å². The summed E-state index contributed by atoms with van der Waals surface area (Å²) in [5.74, 6) is 1.31. The van der Waals surface area contributed by atoms with E-state index in [1.807, 2.05) is 0 Å². The smallest absolute Gasteiger partial charge is 0.299 e. The molecule has 30 heavy (non-hydrogen) atoms. The Morgan fingerprint density at radius 1 is 0.767 bits per heavy atom. The zero-order valence-electron chi connectivity index (χ0n) is 19.4. The second-order valence-corrected chi connectivity index (χ2v) is 16.2. The normalized spacial score (nSPS) is 36.3. The first kappa shape index (κ1) is 21.3. The number of fused-ring (bicyclic) bond motifs is 2. The molecule has 2 nitrogen and oxygen atoms in total. The average molecular weight is 429 g/mol. The van der Waals surface area contributed by atoms with Gasteiger partial charge in [0.2, 0.25) is 0 Å². The van der Waals surface area contributed by atoms with Gasteiger partial charge in [0.25, 0.3) is 14.3 Å². The molecule has 5 aliphatic rings. The molecule has 168 valence electrons. The molecule has 0 spiro atoms. The van der Waals surface area contributed by atoms with E-state index in [0.717, 1.165) is 23.0 Å². The first-order valence-electron chi connectivity index (χ1n) is 13.5. The molecule has 0 aromatic rings. The number of hydrogen-bond acceptors (Lipinski definition) is 2. The van der Waals surface area contributed by atoms with E-state index in [1.165, 1.54) is 103 Å². The largest absolute Gasteiger partial charge is 0.518 e. The minimum Gasteiger partial charge on any atom is -0.518 e. The Hall–Kier alpha value is -0.573. The van der Waals surface area contributed by atoms with Crippen LogP contribution in [0.2, 0.25) is 16.6 Å². The minimum atomic E-state index is -2.17. The highest BCUT2D eigenvalue weighted by atomic mass is 28.4. The topological polar surface area (TPSA) is 26.3 Å². The summed E-state index contributed by atoms with van der Waals surface area (Å²) < 4.78 is 7.26. The van der Waals surface area contributed by atoms with Crippen LogP contribution in [0.25, 0.3) is 0 Å². The van der Waals surface area contributed by atoms with Gasteiger partial charge in [0.05, 0.1) is 5.41 Å². The average Bonchev–Trinajstić information content (AvgIpc) is 3.40. The predicted octanol–water partition coefficient (Wildman–Crippen LogP) is 8.08. The molecule has 0 radical (unpaired) electrons. The lowest BCUT2D eigenvalue weighted by Crippen LogP contribution is -2.56. The van der Waals surface area contributed by atoms with Gasteiger partial charge in [-0.15, -0.1) is 0 Å². The third kappa shape index (κ3) is 3.65. The van der Waals surface area contributed by atoms with Gasteiger partial charge in [0.1, 0.15) is 0 Å². The molecule has 0 aromatic carbocycles. The van der Waals surface area contributed by atoms with E-state index in [2.05, 4.69) is 19.1 Å². The Balaban J connectivity index is 1.49. The Morgan fingerprint density at radius 2 is 1.23 bits per heavy atom. The van der Waals surface area contributed by atoms with Gasteiger partial charge in [-0.3, -0.25) is 4.79 Å². The number of carbonyl (C=O) groups excluding carboxylic acids is 1. The van der Waals surface area contributed by atoms with Gasteiger partial charge in [-0.1, -0.05) is 69.9 Å². The van der Waals surface area contributed by atoms with Crippen molar-refractivity contribution in [2.75, 3.05) is 0 Å². The standard InChI is InChI=1S/C27H44O2Si/c1-27(20-21-17-18-22(27)19-21)26(28)29-30(23-11-5-2-6-12-23,24-13-7-3-8-14-24)25-15-9-4-10-16-25/h17-18,21-25H,2-16,19-20H2,1H3. The fourth-order valence-corrected chi connectivity index (χ4v) is 15.5. The van der Waals surface area contributed by atoms with Crippen molar-refractivity contribution in [3.8, 4) is 0 Å². The number of hydrogen-bond donors (Lipinski definition) is 0. The summed E-state index contributed by atoms with van der Waals surface area (Å²) in [7, 11) is -2.17. The second-order valence-electron chi connectivity index (χ2n) is 11.9. The molecule has 0 heterocycles. The van der Waals surface area contributed by atoms with Crippen molar-refractivity contribution in [1.82, 2.24) is 0 Å². The highest BCUT2D eigenvalue weighted by molar-refractivity contribution is 6.79. The zero-order valence-corrected chi connectivity index (χ0v) is 20.4. The first-order chi connectivity index (χ1) is 14.6. The molecule has 0 saturated heterocycles. The van der Waals surface area contributed by atoms with Gasteiger partial charge in [-0.05, 0) is 86.7 Å². The van der Waals surface area contributed by atoms with Crippen LogP contribution in [-0.2, 0) is 9.22 Å². The van der Waals surface area contributed by atoms with Crippen molar-refractivity contribution in [3.63, 3.8) is 0 Å². The molecule has 2 bridgehead atoms. The highest BCUT2D eigenvalue weighted by Gasteiger charge is 2.60. The molecule has 5 rings (SSSR count). The van der Waals surface area contributed by atoms with Crippen LogP contribution >= 0.6 is 0 Å². The summed E-state index contributed by atoms with van der Waals surface area (Å²) in [5, 5.41) is 0. The number of allylic oxidation sites excluding steroid dienone is 2. The van der Waals surface area contributed by atoms with Crippen LogP contribution < -0.4 is 0 Å². The molecule has 4 saturated carbocycles. The van der Waals surface area contributed by atoms with Crippen molar-refractivity contribution in [2.24, 2.45) is 17.3 Å². The van der Waals surface area contributed by atoms with Gasteiger partial charge in [-0.2, -0.15) is 0 Å². The summed E-state index contributed by atoms with van der Waals surface area (Å²) in [6, 6.07) is 0. The van der Waals surface area contributed by atoms with Crippen LogP contribution in [0.1, 0.15) is 116 Å². The summed E-state index contributed by atoms with van der Waals surface area (Å²) in [6.07, 6.45) is 27.5. The lowest BCUT2D eigenvalue weighted by molar-refractivity contribution is -0.148. The van der Waals surface area contributed by atoms with Crippen LogP contribution in [0.3, 0.4) is 0 Å². The number of carbonyl (C=O) groups is 1. The van der Waals surface area contributed by atoms with E-state index in [1.54, 1.807) is 0 Å². The summed E-state index contributed by atoms with van der Waals surface area (Å²) in [5.41, 5.74) is 2.01. The Bertz CT molecular complexity index is 594. The number of rotatable bonds is 5. The molecule has 3 atom stereocenters. The third-order valence-corrected chi connectivity index (χ3v) is 16.2. The third-order valence-electron chi connectivity index (χ3n) is 10.1. The molecule has 3 heteroatoms. The molecular formula is C27H44O2Si. The maximum absolute atomic E-state index is 14.1. The summed E-state index contributed by atoms with van der Waals surface area (Å²) in [4.78, 5) is 14.1.